The van der Waals surface area contributed by atoms with Gasteiger partial charge in [0.15, 0.2) is 5.65 Å². The summed E-state index contributed by atoms with van der Waals surface area (Å²) in [5, 5.41) is 9.48. The minimum Gasteiger partial charge on any atom is -0.472 e. The van der Waals surface area contributed by atoms with Crippen molar-refractivity contribution >= 4 is 27.8 Å². The molecule has 0 unspecified atom stereocenters. The van der Waals surface area contributed by atoms with Gasteiger partial charge in [0.25, 0.3) is 0 Å². The van der Waals surface area contributed by atoms with Gasteiger partial charge in [-0.05, 0) is 35.9 Å². The number of aromatic amines is 2. The van der Waals surface area contributed by atoms with Crippen molar-refractivity contribution in [2.24, 2.45) is 0 Å². The Balaban J connectivity index is 1.49. The number of fused-ring (bicyclic) bond motifs is 2. The molecule has 6 rings (SSSR count). The van der Waals surface area contributed by atoms with Crippen LogP contribution in [0.1, 0.15) is 0 Å². The zero-order valence-electron chi connectivity index (χ0n) is 17.5. The summed E-state index contributed by atoms with van der Waals surface area (Å²) in [5.41, 5.74) is 8.28. The lowest BCUT2D eigenvalue weighted by molar-refractivity contribution is 0.568. The second-order valence-electron chi connectivity index (χ2n) is 7.84. The molecule has 0 aromatic carbocycles. The first-order chi connectivity index (χ1) is 15.7. The quantitative estimate of drug-likeness (QED) is 0.420. The summed E-state index contributed by atoms with van der Waals surface area (Å²) in [6, 6.07) is 10.2. The Labute approximate surface area is 183 Å². The van der Waals surface area contributed by atoms with E-state index in [0.29, 0.717) is 5.65 Å². The molecule has 6 heterocycles. The van der Waals surface area contributed by atoms with Crippen LogP contribution >= 0.6 is 0 Å². The highest BCUT2D eigenvalue weighted by Crippen LogP contribution is 2.34. The van der Waals surface area contributed by atoms with Gasteiger partial charge >= 0.3 is 0 Å². The molecule has 0 amide bonds. The predicted octanol–water partition coefficient (Wildman–Crippen LogP) is 4.89. The van der Waals surface area contributed by atoms with E-state index in [2.05, 4.69) is 48.3 Å². The van der Waals surface area contributed by atoms with Crippen molar-refractivity contribution in [1.29, 1.82) is 0 Å². The van der Waals surface area contributed by atoms with Crippen molar-refractivity contribution in [2.75, 3.05) is 19.0 Å². The molecule has 8 nitrogen and oxygen atoms in total. The molecular weight excluding hydrogens is 402 g/mol. The fourth-order valence-electron chi connectivity index (χ4n) is 3.92. The molecule has 32 heavy (non-hydrogen) atoms. The first kappa shape index (κ1) is 18.3. The molecule has 0 radical (unpaired) electrons. The number of rotatable bonds is 4. The molecule has 0 saturated heterocycles. The zero-order chi connectivity index (χ0) is 21.7. The highest BCUT2D eigenvalue weighted by molar-refractivity contribution is 5.99. The van der Waals surface area contributed by atoms with E-state index in [-0.39, 0.29) is 0 Å². The molecule has 0 atom stereocenters. The molecule has 0 aliphatic heterocycles. The van der Waals surface area contributed by atoms with Crippen molar-refractivity contribution in [1.82, 2.24) is 30.1 Å². The molecule has 8 heteroatoms. The lowest BCUT2D eigenvalue weighted by Gasteiger charge is -2.12. The van der Waals surface area contributed by atoms with Gasteiger partial charge in [0.05, 0.1) is 35.8 Å². The zero-order valence-corrected chi connectivity index (χ0v) is 17.5. The Hall–Kier alpha value is -4.46. The van der Waals surface area contributed by atoms with Crippen molar-refractivity contribution in [3.05, 3.63) is 67.6 Å². The van der Waals surface area contributed by atoms with Crippen LogP contribution in [0.15, 0.2) is 72.1 Å². The van der Waals surface area contributed by atoms with Crippen LogP contribution in [0.5, 0.6) is 0 Å². The SMILES string of the molecule is CN(C)c1cncc(-c2cnc3n[nH]c(-c4cc5c(-c6ccoc6)ccnc5[nH]4)c3c2)c1. The lowest BCUT2D eigenvalue weighted by Crippen LogP contribution is -2.08. The third-order valence-corrected chi connectivity index (χ3v) is 5.62. The highest BCUT2D eigenvalue weighted by Gasteiger charge is 2.15. The molecule has 0 aliphatic rings. The van der Waals surface area contributed by atoms with Crippen LogP contribution in [0.2, 0.25) is 0 Å². The number of furan rings is 1. The number of pyridine rings is 3. The van der Waals surface area contributed by atoms with Gasteiger partial charge in [0, 0.05) is 60.1 Å². The molecule has 0 fully saturated rings. The van der Waals surface area contributed by atoms with Crippen LogP contribution in [0, 0.1) is 0 Å². The Kier molecular flexibility index (Phi) is 4.04. The average molecular weight is 421 g/mol. The van der Waals surface area contributed by atoms with Gasteiger partial charge in [-0.3, -0.25) is 10.1 Å². The van der Waals surface area contributed by atoms with E-state index in [9.17, 15) is 0 Å². The van der Waals surface area contributed by atoms with Gasteiger partial charge in [0.2, 0.25) is 0 Å². The minimum absolute atomic E-state index is 0.655. The second-order valence-corrected chi connectivity index (χ2v) is 7.84. The van der Waals surface area contributed by atoms with Crippen molar-refractivity contribution in [2.45, 2.75) is 0 Å². The van der Waals surface area contributed by atoms with E-state index in [1.165, 1.54) is 0 Å². The molecular formula is C24H19N7O. The number of hydrogen-bond donors (Lipinski definition) is 2. The van der Waals surface area contributed by atoms with Crippen LogP contribution in [-0.4, -0.2) is 44.2 Å². The number of hydrogen-bond acceptors (Lipinski definition) is 6. The predicted molar refractivity (Wildman–Crippen MR) is 124 cm³/mol. The largest absolute Gasteiger partial charge is 0.472 e. The van der Waals surface area contributed by atoms with E-state index < -0.39 is 0 Å². The number of nitrogens with one attached hydrogen (secondary N) is 2. The topological polar surface area (TPSA) is 99.5 Å². The number of aromatic nitrogens is 6. The molecule has 0 bridgehead atoms. The Morgan fingerprint density at radius 2 is 1.81 bits per heavy atom. The van der Waals surface area contributed by atoms with Crippen LogP contribution < -0.4 is 4.90 Å². The molecule has 0 saturated carbocycles. The van der Waals surface area contributed by atoms with Crippen molar-refractivity contribution in [3.63, 3.8) is 0 Å². The summed E-state index contributed by atoms with van der Waals surface area (Å²) < 4.78 is 5.27. The first-order valence-electron chi connectivity index (χ1n) is 10.1. The summed E-state index contributed by atoms with van der Waals surface area (Å²) in [7, 11) is 4.00. The number of nitrogens with zero attached hydrogens (tertiary/aromatic N) is 5. The summed E-state index contributed by atoms with van der Waals surface area (Å²) in [6.07, 6.45) is 10.7. The van der Waals surface area contributed by atoms with Gasteiger partial charge in [-0.2, -0.15) is 5.10 Å². The molecule has 6 aromatic rings. The first-order valence-corrected chi connectivity index (χ1v) is 10.1. The Morgan fingerprint density at radius 3 is 2.66 bits per heavy atom. The molecule has 0 spiro atoms. The van der Waals surface area contributed by atoms with Crippen molar-refractivity contribution < 1.29 is 4.42 Å². The normalized spacial score (nSPS) is 11.4. The summed E-state index contributed by atoms with van der Waals surface area (Å²) in [4.78, 5) is 18.9. The lowest BCUT2D eigenvalue weighted by atomic mass is 10.1. The highest BCUT2D eigenvalue weighted by atomic mass is 16.3. The van der Waals surface area contributed by atoms with E-state index in [1.807, 2.05) is 49.7 Å². The van der Waals surface area contributed by atoms with Gasteiger partial charge in [-0.1, -0.05) is 0 Å². The summed E-state index contributed by atoms with van der Waals surface area (Å²) in [6.45, 7) is 0. The fraction of sp³-hybridized carbons (Fsp3) is 0.0833. The standard InChI is InChI=1S/C24H19N7O/c1-31(2)17-7-15(10-25-12-17)16-8-20-22(29-30-24(20)27-11-16)21-9-19-18(14-4-6-32-13-14)3-5-26-23(19)28-21/h3-13H,1-2H3,(H,26,28)(H,27,29,30). The maximum absolute atomic E-state index is 5.27. The maximum Gasteiger partial charge on any atom is 0.181 e. The minimum atomic E-state index is 0.655. The Morgan fingerprint density at radius 1 is 0.906 bits per heavy atom. The molecule has 2 N–H and O–H groups in total. The molecule has 156 valence electrons. The van der Waals surface area contributed by atoms with Gasteiger partial charge in [-0.25, -0.2) is 9.97 Å². The third kappa shape index (κ3) is 2.92. The third-order valence-electron chi connectivity index (χ3n) is 5.62. The van der Waals surface area contributed by atoms with Crippen LogP contribution in [-0.2, 0) is 0 Å². The van der Waals surface area contributed by atoms with Crippen LogP contribution in [0.4, 0.5) is 5.69 Å². The van der Waals surface area contributed by atoms with E-state index in [1.54, 1.807) is 18.7 Å². The van der Waals surface area contributed by atoms with Gasteiger partial charge < -0.3 is 14.3 Å². The smallest absolute Gasteiger partial charge is 0.181 e. The van der Waals surface area contributed by atoms with Crippen LogP contribution in [0.3, 0.4) is 0 Å². The van der Waals surface area contributed by atoms with E-state index in [4.69, 9.17) is 4.42 Å². The van der Waals surface area contributed by atoms with E-state index in [0.717, 1.165) is 55.7 Å². The van der Waals surface area contributed by atoms with E-state index >= 15 is 0 Å². The number of anilines is 1. The molecule has 0 aliphatic carbocycles. The fourth-order valence-corrected chi connectivity index (χ4v) is 3.92. The van der Waals surface area contributed by atoms with Crippen LogP contribution in [0.25, 0.3) is 55.7 Å². The second kappa shape index (κ2) is 7.05. The summed E-state index contributed by atoms with van der Waals surface area (Å²) in [5.74, 6) is 0. The monoisotopic (exact) mass is 421 g/mol. The van der Waals surface area contributed by atoms with Gasteiger partial charge in [-0.15, -0.1) is 0 Å². The Bertz CT molecular complexity index is 1560. The molecule has 6 aromatic heterocycles. The van der Waals surface area contributed by atoms with Crippen molar-refractivity contribution in [3.8, 4) is 33.6 Å². The maximum atomic E-state index is 5.27. The average Bonchev–Trinajstić information content (AvgIpc) is 3.57. The number of H-pyrrole nitrogens is 2. The van der Waals surface area contributed by atoms with Gasteiger partial charge in [0.1, 0.15) is 5.65 Å². The summed E-state index contributed by atoms with van der Waals surface area (Å²) >= 11 is 0.